The summed E-state index contributed by atoms with van der Waals surface area (Å²) in [5.41, 5.74) is 0.845. The zero-order valence-corrected chi connectivity index (χ0v) is 13.4. The van der Waals surface area contributed by atoms with Gasteiger partial charge in [0, 0.05) is 12.7 Å². The molecule has 126 valence electrons. The first kappa shape index (κ1) is 15.8. The van der Waals surface area contributed by atoms with Crippen molar-refractivity contribution >= 4 is 11.9 Å². The minimum atomic E-state index is -0.437. The van der Waals surface area contributed by atoms with E-state index in [4.69, 9.17) is 0 Å². The van der Waals surface area contributed by atoms with Gasteiger partial charge in [-0.2, -0.15) is 5.10 Å². The summed E-state index contributed by atoms with van der Waals surface area (Å²) in [6.07, 6.45) is 9.49. The lowest BCUT2D eigenvalue weighted by atomic mass is 10.1. The fourth-order valence-electron chi connectivity index (χ4n) is 3.30. The van der Waals surface area contributed by atoms with Crippen LogP contribution in [0.25, 0.3) is 0 Å². The SMILES string of the molecule is O=C(NCc1ccn(C2CCCC2)n1)N[C@H]1CCCCNC1=O. The number of hydrogen-bond acceptors (Lipinski definition) is 3. The monoisotopic (exact) mass is 319 g/mol. The normalized spacial score (nSPS) is 22.4. The molecule has 0 radical (unpaired) electrons. The van der Waals surface area contributed by atoms with Gasteiger partial charge in [-0.3, -0.25) is 9.48 Å². The van der Waals surface area contributed by atoms with Crippen molar-refractivity contribution in [2.24, 2.45) is 0 Å². The molecule has 3 rings (SSSR count). The van der Waals surface area contributed by atoms with E-state index in [0.29, 0.717) is 25.6 Å². The topological polar surface area (TPSA) is 88.1 Å². The molecule has 2 heterocycles. The molecule has 7 nitrogen and oxygen atoms in total. The third-order valence-electron chi connectivity index (χ3n) is 4.63. The second kappa shape index (κ2) is 7.48. The van der Waals surface area contributed by atoms with Gasteiger partial charge in [0.15, 0.2) is 0 Å². The highest BCUT2D eigenvalue weighted by Crippen LogP contribution is 2.28. The van der Waals surface area contributed by atoms with Crippen molar-refractivity contribution in [3.63, 3.8) is 0 Å². The summed E-state index contributed by atoms with van der Waals surface area (Å²) in [4.78, 5) is 23.8. The first-order valence-electron chi connectivity index (χ1n) is 8.58. The smallest absolute Gasteiger partial charge is 0.315 e. The largest absolute Gasteiger partial charge is 0.354 e. The minimum absolute atomic E-state index is 0.0943. The standard InChI is InChI=1S/C16H25N5O2/c22-15-14(7-3-4-9-17-15)19-16(23)18-11-12-8-10-21(20-12)13-5-1-2-6-13/h8,10,13-14H,1-7,9,11H2,(H,17,22)(H2,18,19,23)/t14-/m0/s1. The van der Waals surface area contributed by atoms with Gasteiger partial charge in [-0.05, 0) is 38.2 Å². The van der Waals surface area contributed by atoms with Crippen molar-refractivity contribution in [1.82, 2.24) is 25.7 Å². The van der Waals surface area contributed by atoms with Crippen LogP contribution in [0.3, 0.4) is 0 Å². The number of carbonyl (C=O) groups excluding carboxylic acids is 2. The molecule has 1 atom stereocenters. The number of carbonyl (C=O) groups is 2. The van der Waals surface area contributed by atoms with Crippen LogP contribution >= 0.6 is 0 Å². The van der Waals surface area contributed by atoms with E-state index in [1.165, 1.54) is 25.7 Å². The summed E-state index contributed by atoms with van der Waals surface area (Å²) >= 11 is 0. The van der Waals surface area contributed by atoms with E-state index >= 15 is 0 Å². The third-order valence-corrected chi connectivity index (χ3v) is 4.63. The first-order valence-corrected chi connectivity index (χ1v) is 8.58. The Morgan fingerprint density at radius 1 is 1.26 bits per heavy atom. The second-order valence-corrected chi connectivity index (χ2v) is 6.39. The van der Waals surface area contributed by atoms with Gasteiger partial charge >= 0.3 is 6.03 Å². The summed E-state index contributed by atoms with van der Waals surface area (Å²) < 4.78 is 2.01. The van der Waals surface area contributed by atoms with E-state index in [0.717, 1.165) is 18.5 Å². The fraction of sp³-hybridized carbons (Fsp3) is 0.688. The molecule has 1 saturated heterocycles. The Morgan fingerprint density at radius 3 is 2.87 bits per heavy atom. The lowest BCUT2D eigenvalue weighted by Gasteiger charge is -2.15. The van der Waals surface area contributed by atoms with Crippen LogP contribution in [-0.2, 0) is 11.3 Å². The molecule has 1 saturated carbocycles. The molecule has 0 aromatic carbocycles. The molecule has 3 amide bonds. The lowest BCUT2D eigenvalue weighted by Crippen LogP contribution is -2.48. The van der Waals surface area contributed by atoms with E-state index in [-0.39, 0.29) is 11.9 Å². The Kier molecular flexibility index (Phi) is 5.15. The van der Waals surface area contributed by atoms with Gasteiger partial charge < -0.3 is 16.0 Å². The van der Waals surface area contributed by atoms with Crippen molar-refractivity contribution in [1.29, 1.82) is 0 Å². The van der Waals surface area contributed by atoms with E-state index in [1.807, 2.05) is 16.9 Å². The van der Waals surface area contributed by atoms with Crippen molar-refractivity contribution in [3.05, 3.63) is 18.0 Å². The van der Waals surface area contributed by atoms with Crippen molar-refractivity contribution in [2.75, 3.05) is 6.54 Å². The van der Waals surface area contributed by atoms with Crippen LogP contribution in [-0.4, -0.2) is 34.3 Å². The number of rotatable bonds is 4. The number of nitrogens with one attached hydrogen (secondary N) is 3. The summed E-state index contributed by atoms with van der Waals surface area (Å²) in [7, 11) is 0. The molecule has 0 spiro atoms. The maximum atomic E-state index is 12.0. The molecular weight excluding hydrogens is 294 g/mol. The summed E-state index contributed by atoms with van der Waals surface area (Å²) in [5, 5.41) is 12.9. The van der Waals surface area contributed by atoms with Crippen molar-refractivity contribution in [3.8, 4) is 0 Å². The molecule has 3 N–H and O–H groups in total. The number of nitrogens with zero attached hydrogens (tertiary/aromatic N) is 2. The number of urea groups is 1. The van der Waals surface area contributed by atoms with E-state index in [2.05, 4.69) is 21.0 Å². The Morgan fingerprint density at radius 2 is 2.04 bits per heavy atom. The predicted molar refractivity (Wildman–Crippen MR) is 85.8 cm³/mol. The number of amides is 3. The zero-order chi connectivity index (χ0) is 16.1. The number of aromatic nitrogens is 2. The maximum Gasteiger partial charge on any atom is 0.315 e. The number of hydrogen-bond donors (Lipinski definition) is 3. The van der Waals surface area contributed by atoms with Crippen LogP contribution in [0, 0.1) is 0 Å². The molecule has 7 heteroatoms. The van der Waals surface area contributed by atoms with Crippen LogP contribution < -0.4 is 16.0 Å². The first-order chi connectivity index (χ1) is 11.2. The van der Waals surface area contributed by atoms with Crippen LogP contribution in [0.1, 0.15) is 56.7 Å². The molecule has 0 unspecified atom stereocenters. The Labute approximate surface area is 136 Å². The van der Waals surface area contributed by atoms with Crippen molar-refractivity contribution < 1.29 is 9.59 Å². The fourth-order valence-corrected chi connectivity index (χ4v) is 3.30. The summed E-state index contributed by atoms with van der Waals surface area (Å²) in [5.74, 6) is -0.0943. The maximum absolute atomic E-state index is 12.0. The third kappa shape index (κ3) is 4.24. The Hall–Kier alpha value is -2.05. The lowest BCUT2D eigenvalue weighted by molar-refractivity contribution is -0.122. The molecule has 1 aliphatic heterocycles. The van der Waals surface area contributed by atoms with Gasteiger partial charge in [0.1, 0.15) is 6.04 Å². The van der Waals surface area contributed by atoms with Gasteiger partial charge in [0.05, 0.1) is 18.3 Å². The van der Waals surface area contributed by atoms with Gasteiger partial charge in [-0.1, -0.05) is 12.8 Å². The van der Waals surface area contributed by atoms with Crippen LogP contribution in [0.4, 0.5) is 4.79 Å². The molecular formula is C16H25N5O2. The second-order valence-electron chi connectivity index (χ2n) is 6.39. The van der Waals surface area contributed by atoms with Crippen LogP contribution in [0.5, 0.6) is 0 Å². The van der Waals surface area contributed by atoms with Gasteiger partial charge in [0.2, 0.25) is 5.91 Å². The Balaban J connectivity index is 1.46. The molecule has 1 aromatic heterocycles. The highest BCUT2D eigenvalue weighted by atomic mass is 16.2. The van der Waals surface area contributed by atoms with Gasteiger partial charge in [-0.25, -0.2) is 4.79 Å². The molecule has 0 bridgehead atoms. The average molecular weight is 319 g/mol. The Bertz CT molecular complexity index is 550. The minimum Gasteiger partial charge on any atom is -0.354 e. The van der Waals surface area contributed by atoms with E-state index in [9.17, 15) is 9.59 Å². The highest BCUT2D eigenvalue weighted by Gasteiger charge is 2.22. The van der Waals surface area contributed by atoms with E-state index in [1.54, 1.807) is 0 Å². The molecule has 1 aromatic rings. The molecule has 2 aliphatic rings. The summed E-state index contributed by atoms with van der Waals surface area (Å²) in [6.45, 7) is 1.07. The molecule has 2 fully saturated rings. The molecule has 23 heavy (non-hydrogen) atoms. The predicted octanol–water partition coefficient (Wildman–Crippen LogP) is 1.47. The summed E-state index contributed by atoms with van der Waals surface area (Å²) in [6, 6.07) is 1.69. The highest BCUT2D eigenvalue weighted by molar-refractivity contribution is 5.87. The average Bonchev–Trinajstić information content (AvgIpc) is 3.18. The van der Waals surface area contributed by atoms with E-state index < -0.39 is 6.04 Å². The van der Waals surface area contributed by atoms with Gasteiger partial charge in [0.25, 0.3) is 0 Å². The van der Waals surface area contributed by atoms with Gasteiger partial charge in [-0.15, -0.1) is 0 Å². The van der Waals surface area contributed by atoms with Crippen LogP contribution in [0.2, 0.25) is 0 Å². The molecule has 1 aliphatic carbocycles. The van der Waals surface area contributed by atoms with Crippen LogP contribution in [0.15, 0.2) is 12.3 Å². The zero-order valence-electron chi connectivity index (χ0n) is 13.4. The quantitative estimate of drug-likeness (QED) is 0.785. The van der Waals surface area contributed by atoms with Crippen molar-refractivity contribution in [2.45, 2.75) is 63.6 Å².